The molecule has 1 heterocycles. The van der Waals surface area contributed by atoms with Crippen molar-refractivity contribution in [3.8, 4) is 11.5 Å². The summed E-state index contributed by atoms with van der Waals surface area (Å²) in [6.07, 6.45) is 0. The van der Waals surface area contributed by atoms with Gasteiger partial charge in [0.25, 0.3) is 0 Å². The van der Waals surface area contributed by atoms with Gasteiger partial charge in [0.1, 0.15) is 22.6 Å². The van der Waals surface area contributed by atoms with Crippen molar-refractivity contribution in [2.75, 3.05) is 13.2 Å². The number of aryl methyl sites for hydroxylation is 1. The Kier molecular flexibility index (Phi) is 5.74. The molecule has 0 unspecified atom stereocenters. The van der Waals surface area contributed by atoms with E-state index in [0.717, 1.165) is 5.56 Å². The molecule has 0 fully saturated rings. The smallest absolute Gasteiger partial charge is 0.351 e. The summed E-state index contributed by atoms with van der Waals surface area (Å²) >= 11 is 0. The van der Waals surface area contributed by atoms with Crippen molar-refractivity contribution in [1.29, 1.82) is 0 Å². The number of hydrogen-bond donors (Lipinski definition) is 0. The highest BCUT2D eigenvalue weighted by Gasteiger charge is 2.15. The van der Waals surface area contributed by atoms with Crippen LogP contribution in [-0.2, 0) is 9.53 Å². The Morgan fingerprint density at radius 2 is 1.86 bits per heavy atom. The Morgan fingerprint density at radius 1 is 1.04 bits per heavy atom. The van der Waals surface area contributed by atoms with Crippen molar-refractivity contribution < 1.29 is 28.2 Å². The van der Waals surface area contributed by atoms with E-state index in [1.165, 1.54) is 18.2 Å². The number of esters is 2. The number of carbonyl (C=O) groups is 2. The van der Waals surface area contributed by atoms with E-state index in [0.29, 0.717) is 11.1 Å². The summed E-state index contributed by atoms with van der Waals surface area (Å²) in [5, 5.41) is 0.499. The molecule has 2 aromatic carbocycles. The van der Waals surface area contributed by atoms with E-state index in [4.69, 9.17) is 18.6 Å². The standard InChI is InChI=1S/C21H18O7/c1-3-25-20(23)17-10-14-7-8-16(11-18(14)28-21(17)24)27-19(22)12-26-15-6-4-5-13(2)9-15/h4-11H,3,12H2,1-2H3. The summed E-state index contributed by atoms with van der Waals surface area (Å²) in [5.41, 5.74) is 0.184. The summed E-state index contributed by atoms with van der Waals surface area (Å²) in [6.45, 7) is 3.44. The van der Waals surface area contributed by atoms with Crippen LogP contribution < -0.4 is 15.1 Å². The summed E-state index contributed by atoms with van der Waals surface area (Å²) in [7, 11) is 0. The Hall–Kier alpha value is -3.61. The molecular weight excluding hydrogens is 364 g/mol. The van der Waals surface area contributed by atoms with Crippen LogP contribution in [0.15, 0.2) is 57.7 Å². The van der Waals surface area contributed by atoms with Gasteiger partial charge in [-0.1, -0.05) is 12.1 Å². The van der Waals surface area contributed by atoms with E-state index in [2.05, 4.69) is 0 Å². The zero-order valence-electron chi connectivity index (χ0n) is 15.4. The second-order valence-electron chi connectivity index (χ2n) is 5.95. The van der Waals surface area contributed by atoms with E-state index in [1.54, 1.807) is 25.1 Å². The first-order chi connectivity index (χ1) is 13.5. The fourth-order valence-corrected chi connectivity index (χ4v) is 2.51. The van der Waals surface area contributed by atoms with Crippen molar-refractivity contribution in [3.63, 3.8) is 0 Å². The largest absolute Gasteiger partial charge is 0.482 e. The van der Waals surface area contributed by atoms with Crippen LogP contribution >= 0.6 is 0 Å². The van der Waals surface area contributed by atoms with Gasteiger partial charge < -0.3 is 18.6 Å². The lowest BCUT2D eigenvalue weighted by Crippen LogP contribution is -2.18. The number of benzene rings is 2. The minimum atomic E-state index is -0.822. The summed E-state index contributed by atoms with van der Waals surface area (Å²) < 4.78 is 20.6. The molecule has 0 saturated heterocycles. The van der Waals surface area contributed by atoms with Gasteiger partial charge in [-0.25, -0.2) is 14.4 Å². The van der Waals surface area contributed by atoms with Gasteiger partial charge in [0.2, 0.25) is 0 Å². The molecule has 28 heavy (non-hydrogen) atoms. The molecule has 0 aliphatic heterocycles. The van der Waals surface area contributed by atoms with E-state index in [1.807, 2.05) is 19.1 Å². The molecule has 0 aliphatic rings. The molecule has 3 rings (SSSR count). The van der Waals surface area contributed by atoms with E-state index >= 15 is 0 Å². The van der Waals surface area contributed by atoms with E-state index in [9.17, 15) is 14.4 Å². The van der Waals surface area contributed by atoms with Crippen molar-refractivity contribution in [1.82, 2.24) is 0 Å². The van der Waals surface area contributed by atoms with Crippen LogP contribution in [0.5, 0.6) is 11.5 Å². The average Bonchev–Trinajstić information content (AvgIpc) is 2.66. The fraction of sp³-hybridized carbons (Fsp3) is 0.190. The quantitative estimate of drug-likeness (QED) is 0.367. The Balaban J connectivity index is 1.71. The summed E-state index contributed by atoms with van der Waals surface area (Å²) in [5.74, 6) is -0.598. The van der Waals surface area contributed by atoms with Gasteiger partial charge in [-0.05, 0) is 49.7 Å². The SMILES string of the molecule is CCOC(=O)c1cc2ccc(OC(=O)COc3cccc(C)c3)cc2oc1=O. The van der Waals surface area contributed by atoms with Crippen LogP contribution in [0.4, 0.5) is 0 Å². The lowest BCUT2D eigenvalue weighted by molar-refractivity contribution is -0.136. The monoisotopic (exact) mass is 382 g/mol. The summed E-state index contributed by atoms with van der Waals surface area (Å²) in [4.78, 5) is 35.7. The molecule has 0 bridgehead atoms. The van der Waals surface area contributed by atoms with Crippen molar-refractivity contribution in [3.05, 3.63) is 70.1 Å². The van der Waals surface area contributed by atoms with Crippen LogP contribution in [0.3, 0.4) is 0 Å². The molecule has 0 radical (unpaired) electrons. The van der Waals surface area contributed by atoms with E-state index in [-0.39, 0.29) is 30.1 Å². The molecule has 0 spiro atoms. The second-order valence-corrected chi connectivity index (χ2v) is 5.95. The maximum Gasteiger partial charge on any atom is 0.351 e. The predicted molar refractivity (Wildman–Crippen MR) is 101 cm³/mol. The zero-order valence-corrected chi connectivity index (χ0v) is 15.4. The molecule has 7 heteroatoms. The molecule has 0 aliphatic carbocycles. The topological polar surface area (TPSA) is 92.0 Å². The summed E-state index contributed by atoms with van der Waals surface area (Å²) in [6, 6.07) is 13.2. The Bertz CT molecular complexity index is 1080. The third-order valence-corrected chi connectivity index (χ3v) is 3.78. The van der Waals surface area contributed by atoms with E-state index < -0.39 is 17.6 Å². The molecule has 3 aromatic rings. The lowest BCUT2D eigenvalue weighted by Gasteiger charge is -2.08. The van der Waals surface area contributed by atoms with Gasteiger partial charge in [0, 0.05) is 11.5 Å². The molecule has 7 nitrogen and oxygen atoms in total. The molecule has 0 saturated carbocycles. The number of rotatable bonds is 6. The normalized spacial score (nSPS) is 10.5. The fourth-order valence-electron chi connectivity index (χ4n) is 2.51. The maximum atomic E-state index is 12.0. The molecule has 0 N–H and O–H groups in total. The highest BCUT2D eigenvalue weighted by atomic mass is 16.6. The highest BCUT2D eigenvalue weighted by molar-refractivity contribution is 5.93. The molecule has 144 valence electrons. The molecule has 0 amide bonds. The van der Waals surface area contributed by atoms with Crippen molar-refractivity contribution in [2.45, 2.75) is 13.8 Å². The predicted octanol–water partition coefficient (Wildman–Crippen LogP) is 3.26. The van der Waals surface area contributed by atoms with Gasteiger partial charge in [-0.3, -0.25) is 0 Å². The van der Waals surface area contributed by atoms with Crippen LogP contribution in [0.25, 0.3) is 11.0 Å². The molecular formula is C21H18O7. The van der Waals surface area contributed by atoms with Crippen LogP contribution in [0.2, 0.25) is 0 Å². The van der Waals surface area contributed by atoms with Crippen molar-refractivity contribution >= 4 is 22.9 Å². The van der Waals surface area contributed by atoms with Gasteiger partial charge in [-0.2, -0.15) is 0 Å². The number of carbonyl (C=O) groups excluding carboxylic acids is 2. The minimum Gasteiger partial charge on any atom is -0.482 e. The first kappa shape index (κ1) is 19.2. The van der Waals surface area contributed by atoms with Crippen molar-refractivity contribution in [2.24, 2.45) is 0 Å². The average molecular weight is 382 g/mol. The first-order valence-corrected chi connectivity index (χ1v) is 8.61. The van der Waals surface area contributed by atoms with Gasteiger partial charge >= 0.3 is 17.6 Å². The van der Waals surface area contributed by atoms with Crippen LogP contribution in [0, 0.1) is 6.92 Å². The highest BCUT2D eigenvalue weighted by Crippen LogP contribution is 2.21. The number of ether oxygens (including phenoxy) is 3. The second kappa shape index (κ2) is 8.39. The third kappa shape index (κ3) is 4.56. The van der Waals surface area contributed by atoms with Gasteiger partial charge in [0.05, 0.1) is 6.61 Å². The van der Waals surface area contributed by atoms with Crippen LogP contribution in [-0.4, -0.2) is 25.2 Å². The number of hydrogen-bond acceptors (Lipinski definition) is 7. The van der Waals surface area contributed by atoms with Gasteiger partial charge in [-0.15, -0.1) is 0 Å². The van der Waals surface area contributed by atoms with Gasteiger partial charge in [0.15, 0.2) is 6.61 Å². The van der Waals surface area contributed by atoms with Crippen LogP contribution in [0.1, 0.15) is 22.8 Å². The lowest BCUT2D eigenvalue weighted by atomic mass is 10.2. The molecule has 1 aromatic heterocycles. The minimum absolute atomic E-state index is 0.149. The molecule has 0 atom stereocenters. The first-order valence-electron chi connectivity index (χ1n) is 8.61. The Labute approximate surface area is 160 Å². The third-order valence-electron chi connectivity index (χ3n) is 3.78. The zero-order chi connectivity index (χ0) is 20.1. The maximum absolute atomic E-state index is 12.0. The number of fused-ring (bicyclic) bond motifs is 1. The Morgan fingerprint density at radius 3 is 2.61 bits per heavy atom.